The van der Waals surface area contributed by atoms with Gasteiger partial charge in [0.25, 0.3) is 5.91 Å². The fourth-order valence-corrected chi connectivity index (χ4v) is 7.72. The summed E-state index contributed by atoms with van der Waals surface area (Å²) >= 11 is 0. The van der Waals surface area contributed by atoms with Crippen molar-refractivity contribution >= 4 is 27.6 Å². The molecule has 7 nitrogen and oxygen atoms in total. The number of nitrogens with one attached hydrogen (secondary N) is 1. The van der Waals surface area contributed by atoms with Crippen LogP contribution in [0.25, 0.3) is 0 Å². The molecule has 4 bridgehead atoms. The molecule has 4 aliphatic carbocycles. The minimum Gasteiger partial charge on any atom is -0.455 e. The molecule has 0 spiro atoms. The molecule has 170 valence electrons. The Morgan fingerprint density at radius 3 is 2.00 bits per heavy atom. The summed E-state index contributed by atoms with van der Waals surface area (Å²) in [5.41, 5.74) is 0.0875. The second-order valence-corrected chi connectivity index (χ2v) is 11.4. The number of esters is 1. The molecule has 0 aromatic heterocycles. The highest BCUT2D eigenvalue weighted by atomic mass is 32.2. The van der Waals surface area contributed by atoms with Gasteiger partial charge in [0.05, 0.1) is 10.3 Å². The lowest BCUT2D eigenvalue weighted by Crippen LogP contribution is -2.50. The maximum absolute atomic E-state index is 12.9. The summed E-state index contributed by atoms with van der Waals surface area (Å²) in [5.74, 6) is 1.27. The Morgan fingerprint density at radius 2 is 1.52 bits per heavy atom. The SMILES string of the molecule is CCN(CC)S(=O)(=O)c1ccc(NC(=O)COC(=O)C23CC4CC(CC(C4)C2)C3)cc1. The van der Waals surface area contributed by atoms with Gasteiger partial charge in [-0.25, -0.2) is 8.42 Å². The first-order valence-electron chi connectivity index (χ1n) is 11.3. The monoisotopic (exact) mass is 448 g/mol. The van der Waals surface area contributed by atoms with Crippen LogP contribution in [0.2, 0.25) is 0 Å². The molecule has 0 aliphatic heterocycles. The Morgan fingerprint density at radius 1 is 1.00 bits per heavy atom. The van der Waals surface area contributed by atoms with Gasteiger partial charge in [-0.05, 0) is 80.5 Å². The number of hydrogen-bond acceptors (Lipinski definition) is 5. The van der Waals surface area contributed by atoms with Gasteiger partial charge < -0.3 is 10.1 Å². The average Bonchev–Trinajstić information content (AvgIpc) is 2.72. The van der Waals surface area contributed by atoms with Gasteiger partial charge >= 0.3 is 5.97 Å². The molecule has 4 aliphatic rings. The first kappa shape index (κ1) is 22.3. The van der Waals surface area contributed by atoms with Crippen molar-refractivity contribution in [2.75, 3.05) is 25.0 Å². The van der Waals surface area contributed by atoms with E-state index in [2.05, 4.69) is 5.32 Å². The highest BCUT2D eigenvalue weighted by Gasteiger charge is 2.55. The van der Waals surface area contributed by atoms with Crippen LogP contribution in [0.5, 0.6) is 0 Å². The molecular weight excluding hydrogens is 416 g/mol. The van der Waals surface area contributed by atoms with E-state index in [4.69, 9.17) is 4.74 Å². The number of ether oxygens (including phenoxy) is 1. The van der Waals surface area contributed by atoms with Crippen molar-refractivity contribution in [2.45, 2.75) is 57.3 Å². The first-order chi connectivity index (χ1) is 14.8. The molecule has 31 heavy (non-hydrogen) atoms. The van der Waals surface area contributed by atoms with Crippen LogP contribution in [0.3, 0.4) is 0 Å². The maximum Gasteiger partial charge on any atom is 0.312 e. The summed E-state index contributed by atoms with van der Waals surface area (Å²) in [4.78, 5) is 25.4. The summed E-state index contributed by atoms with van der Waals surface area (Å²) in [6.07, 6.45) is 6.44. The number of hydrogen-bond donors (Lipinski definition) is 1. The molecule has 0 unspecified atom stereocenters. The number of anilines is 1. The minimum absolute atomic E-state index is 0.183. The lowest BCUT2D eigenvalue weighted by molar-refractivity contribution is -0.172. The summed E-state index contributed by atoms with van der Waals surface area (Å²) in [5, 5.41) is 2.68. The number of benzene rings is 1. The minimum atomic E-state index is -3.54. The van der Waals surface area contributed by atoms with E-state index in [1.807, 2.05) is 0 Å². The molecule has 8 heteroatoms. The molecule has 4 fully saturated rings. The summed E-state index contributed by atoms with van der Waals surface area (Å²) in [6, 6.07) is 6.06. The van der Waals surface area contributed by atoms with Crippen molar-refractivity contribution in [3.05, 3.63) is 24.3 Å². The molecular formula is C23H32N2O5S. The van der Waals surface area contributed by atoms with E-state index in [0.29, 0.717) is 36.5 Å². The first-order valence-corrected chi connectivity index (χ1v) is 12.8. The second-order valence-electron chi connectivity index (χ2n) is 9.44. The molecule has 5 rings (SSSR count). The van der Waals surface area contributed by atoms with Crippen molar-refractivity contribution in [1.29, 1.82) is 0 Å². The van der Waals surface area contributed by atoms with Gasteiger partial charge in [0.15, 0.2) is 6.61 Å². The van der Waals surface area contributed by atoms with E-state index in [9.17, 15) is 18.0 Å². The number of sulfonamides is 1. The highest BCUT2D eigenvalue weighted by Crippen LogP contribution is 2.60. The third kappa shape index (κ3) is 4.37. The molecule has 4 saturated carbocycles. The number of rotatable bonds is 8. The Hall–Kier alpha value is -1.93. The van der Waals surface area contributed by atoms with Crippen molar-refractivity contribution in [1.82, 2.24) is 4.31 Å². The van der Waals surface area contributed by atoms with Crippen molar-refractivity contribution in [3.63, 3.8) is 0 Å². The van der Waals surface area contributed by atoms with Gasteiger partial charge in [0, 0.05) is 18.8 Å². The number of amides is 1. The summed E-state index contributed by atoms with van der Waals surface area (Å²) in [7, 11) is -3.54. The Labute approximate surface area is 184 Å². The largest absolute Gasteiger partial charge is 0.455 e. The molecule has 0 heterocycles. The Bertz CT molecular complexity index is 902. The normalized spacial score (nSPS) is 29.2. The molecule has 0 saturated heterocycles. The van der Waals surface area contributed by atoms with E-state index in [0.717, 1.165) is 19.3 Å². The lowest BCUT2D eigenvalue weighted by atomic mass is 9.49. The van der Waals surface area contributed by atoms with E-state index in [1.165, 1.54) is 35.7 Å². The van der Waals surface area contributed by atoms with Crippen molar-refractivity contribution < 1.29 is 22.7 Å². The van der Waals surface area contributed by atoms with Gasteiger partial charge in [0.2, 0.25) is 10.0 Å². The third-order valence-electron chi connectivity index (χ3n) is 7.29. The van der Waals surface area contributed by atoms with Crippen LogP contribution >= 0.6 is 0 Å². The van der Waals surface area contributed by atoms with Crippen LogP contribution in [0.4, 0.5) is 5.69 Å². The molecule has 0 atom stereocenters. The zero-order valence-corrected chi connectivity index (χ0v) is 19.1. The number of carbonyl (C=O) groups excluding carboxylic acids is 2. The number of carbonyl (C=O) groups is 2. The van der Waals surface area contributed by atoms with Crippen LogP contribution in [0, 0.1) is 23.2 Å². The molecule has 1 aromatic rings. The van der Waals surface area contributed by atoms with E-state index >= 15 is 0 Å². The topological polar surface area (TPSA) is 92.8 Å². The van der Waals surface area contributed by atoms with E-state index < -0.39 is 15.9 Å². The maximum atomic E-state index is 12.9. The van der Waals surface area contributed by atoms with Gasteiger partial charge in [-0.2, -0.15) is 4.31 Å². The van der Waals surface area contributed by atoms with Crippen LogP contribution in [-0.2, 0) is 24.3 Å². The van der Waals surface area contributed by atoms with Crippen molar-refractivity contribution in [2.24, 2.45) is 23.2 Å². The van der Waals surface area contributed by atoms with Crippen LogP contribution in [0.15, 0.2) is 29.2 Å². The van der Waals surface area contributed by atoms with Crippen LogP contribution in [0.1, 0.15) is 52.4 Å². The predicted molar refractivity (Wildman–Crippen MR) is 117 cm³/mol. The number of nitrogens with zero attached hydrogens (tertiary/aromatic N) is 1. The van der Waals surface area contributed by atoms with E-state index in [-0.39, 0.29) is 22.9 Å². The lowest BCUT2D eigenvalue weighted by Gasteiger charge is -2.55. The van der Waals surface area contributed by atoms with Gasteiger partial charge in [-0.3, -0.25) is 9.59 Å². The van der Waals surface area contributed by atoms with Gasteiger partial charge in [-0.15, -0.1) is 0 Å². The average molecular weight is 449 g/mol. The third-order valence-corrected chi connectivity index (χ3v) is 9.35. The fraction of sp³-hybridized carbons (Fsp3) is 0.652. The molecule has 1 N–H and O–H groups in total. The molecule has 0 radical (unpaired) electrons. The van der Waals surface area contributed by atoms with Gasteiger partial charge in [-0.1, -0.05) is 13.8 Å². The van der Waals surface area contributed by atoms with Crippen molar-refractivity contribution in [3.8, 4) is 0 Å². The summed E-state index contributed by atoms with van der Waals surface area (Å²) < 4.78 is 31.9. The summed E-state index contributed by atoms with van der Waals surface area (Å²) in [6.45, 7) is 4.06. The molecule has 1 aromatic carbocycles. The zero-order chi connectivity index (χ0) is 22.2. The predicted octanol–water partition coefficient (Wildman–Crippen LogP) is 3.42. The van der Waals surface area contributed by atoms with Crippen LogP contribution < -0.4 is 5.32 Å². The Kier molecular flexibility index (Phi) is 6.14. The standard InChI is InChI=1S/C23H32N2O5S/c1-3-25(4-2)31(28,29)20-7-5-19(6-8-20)24-21(26)15-30-22(27)23-12-16-9-17(13-23)11-18(10-16)14-23/h5-8,16-18H,3-4,9-15H2,1-2H3,(H,24,26). The quantitative estimate of drug-likeness (QED) is 0.615. The Balaban J connectivity index is 1.32. The second kappa shape index (κ2) is 8.54. The smallest absolute Gasteiger partial charge is 0.312 e. The molecule has 1 amide bonds. The highest BCUT2D eigenvalue weighted by molar-refractivity contribution is 7.89. The van der Waals surface area contributed by atoms with E-state index in [1.54, 1.807) is 26.0 Å². The zero-order valence-electron chi connectivity index (χ0n) is 18.3. The fourth-order valence-electron chi connectivity index (χ4n) is 6.26. The van der Waals surface area contributed by atoms with Crippen LogP contribution in [-0.4, -0.2) is 44.3 Å². The van der Waals surface area contributed by atoms with Gasteiger partial charge in [0.1, 0.15) is 0 Å².